The highest BCUT2D eigenvalue weighted by molar-refractivity contribution is 9.10. The molecule has 1 aromatic carbocycles. The summed E-state index contributed by atoms with van der Waals surface area (Å²) in [5.41, 5.74) is 8.41. The number of nitrogens with two attached hydrogens (primary N) is 1. The minimum atomic E-state index is 0.291. The number of nitrogens with zero attached hydrogens (tertiary/aromatic N) is 1. The predicted octanol–water partition coefficient (Wildman–Crippen LogP) is 3.00. The molecule has 0 aliphatic carbocycles. The van der Waals surface area contributed by atoms with E-state index in [1.807, 2.05) is 19.1 Å². The first-order valence-corrected chi connectivity index (χ1v) is 5.48. The normalized spacial score (nSPS) is 10.4. The topological polar surface area (TPSA) is 61.3 Å². The van der Waals surface area contributed by atoms with Crippen molar-refractivity contribution in [1.82, 2.24) is 5.16 Å². The number of aryl methyl sites for hydroxylation is 1. The molecule has 0 amide bonds. The molecule has 0 atom stereocenters. The monoisotopic (exact) mass is 282 g/mol. The second-order valence-electron chi connectivity index (χ2n) is 3.38. The van der Waals surface area contributed by atoms with Gasteiger partial charge in [-0.25, -0.2) is 0 Å². The number of benzene rings is 1. The Hall–Kier alpha value is -1.49. The fourth-order valence-corrected chi connectivity index (χ4v) is 2.12. The summed E-state index contributed by atoms with van der Waals surface area (Å²) in [4.78, 5) is 0. The Labute approximate surface area is 102 Å². The maximum atomic E-state index is 5.72. The Balaban J connectivity index is 2.73. The Morgan fingerprint density at radius 1 is 1.44 bits per heavy atom. The molecule has 0 radical (unpaired) electrons. The molecule has 84 valence electrons. The van der Waals surface area contributed by atoms with Crippen molar-refractivity contribution in [3.8, 4) is 16.9 Å². The summed E-state index contributed by atoms with van der Waals surface area (Å²) in [5, 5.41) is 3.67. The van der Waals surface area contributed by atoms with Crippen LogP contribution in [0.1, 0.15) is 5.56 Å². The zero-order valence-corrected chi connectivity index (χ0v) is 10.5. The molecule has 0 saturated carbocycles. The van der Waals surface area contributed by atoms with E-state index in [4.69, 9.17) is 15.0 Å². The number of rotatable bonds is 2. The highest BCUT2D eigenvalue weighted by atomic mass is 79.9. The van der Waals surface area contributed by atoms with E-state index in [0.717, 1.165) is 26.9 Å². The van der Waals surface area contributed by atoms with Crippen LogP contribution in [0.4, 0.5) is 5.88 Å². The summed E-state index contributed by atoms with van der Waals surface area (Å²) in [6.07, 6.45) is 1.59. The van der Waals surface area contributed by atoms with Crippen LogP contribution in [0, 0.1) is 6.92 Å². The van der Waals surface area contributed by atoms with E-state index in [2.05, 4.69) is 21.1 Å². The lowest BCUT2D eigenvalue weighted by Gasteiger charge is -2.11. The van der Waals surface area contributed by atoms with E-state index >= 15 is 0 Å². The average Bonchev–Trinajstić information content (AvgIpc) is 2.67. The third-order valence-electron chi connectivity index (χ3n) is 2.39. The molecule has 4 nitrogen and oxygen atoms in total. The third-order valence-corrected chi connectivity index (χ3v) is 3.01. The van der Waals surface area contributed by atoms with Gasteiger partial charge in [-0.3, -0.25) is 0 Å². The van der Waals surface area contributed by atoms with Crippen LogP contribution in [-0.4, -0.2) is 12.3 Å². The van der Waals surface area contributed by atoms with E-state index in [-0.39, 0.29) is 0 Å². The van der Waals surface area contributed by atoms with Gasteiger partial charge in [0.25, 0.3) is 0 Å². The highest BCUT2D eigenvalue weighted by Crippen LogP contribution is 2.40. The van der Waals surface area contributed by atoms with Crippen molar-refractivity contribution in [2.75, 3.05) is 12.8 Å². The van der Waals surface area contributed by atoms with Crippen LogP contribution < -0.4 is 10.5 Å². The molecule has 2 aromatic rings. The lowest BCUT2D eigenvalue weighted by atomic mass is 10.0. The molecule has 16 heavy (non-hydrogen) atoms. The van der Waals surface area contributed by atoms with Gasteiger partial charge in [-0.2, -0.15) is 0 Å². The largest absolute Gasteiger partial charge is 0.495 e. The first-order valence-electron chi connectivity index (χ1n) is 4.68. The van der Waals surface area contributed by atoms with Gasteiger partial charge in [0, 0.05) is 5.56 Å². The maximum absolute atomic E-state index is 5.72. The fraction of sp³-hybridized carbons (Fsp3) is 0.182. The zero-order chi connectivity index (χ0) is 11.7. The smallest absolute Gasteiger partial charge is 0.230 e. The lowest BCUT2D eigenvalue weighted by Crippen LogP contribution is -1.94. The summed E-state index contributed by atoms with van der Waals surface area (Å²) in [5.74, 6) is 1.02. The van der Waals surface area contributed by atoms with Gasteiger partial charge in [0.2, 0.25) is 5.88 Å². The summed E-state index contributed by atoms with van der Waals surface area (Å²) in [6, 6.07) is 3.91. The second-order valence-corrected chi connectivity index (χ2v) is 4.23. The molecule has 1 aromatic heterocycles. The predicted molar refractivity (Wildman–Crippen MR) is 65.3 cm³/mol. The standard InChI is InChI=1S/C11H11BrN2O2/c1-6-3-4-8(12)10(15-2)9(6)7-5-14-16-11(7)13/h3-5H,13H2,1-2H3. The van der Waals surface area contributed by atoms with Gasteiger partial charge in [-0.15, -0.1) is 0 Å². The quantitative estimate of drug-likeness (QED) is 0.920. The van der Waals surface area contributed by atoms with Gasteiger partial charge in [-0.1, -0.05) is 11.2 Å². The number of aromatic nitrogens is 1. The zero-order valence-electron chi connectivity index (χ0n) is 8.95. The van der Waals surface area contributed by atoms with E-state index in [1.54, 1.807) is 13.3 Å². The lowest BCUT2D eigenvalue weighted by molar-refractivity contribution is 0.413. The minimum Gasteiger partial charge on any atom is -0.495 e. The molecular weight excluding hydrogens is 272 g/mol. The van der Waals surface area contributed by atoms with Gasteiger partial charge >= 0.3 is 0 Å². The van der Waals surface area contributed by atoms with Crippen LogP contribution in [0.15, 0.2) is 27.3 Å². The molecule has 2 rings (SSSR count). The minimum absolute atomic E-state index is 0.291. The van der Waals surface area contributed by atoms with Crippen LogP contribution in [0.3, 0.4) is 0 Å². The molecule has 5 heteroatoms. The molecule has 0 bridgehead atoms. The molecule has 0 aliphatic heterocycles. The summed E-state index contributed by atoms with van der Waals surface area (Å²) in [6.45, 7) is 1.98. The van der Waals surface area contributed by atoms with Crippen LogP contribution in [0.2, 0.25) is 0 Å². The number of ether oxygens (including phenoxy) is 1. The Morgan fingerprint density at radius 2 is 2.19 bits per heavy atom. The highest BCUT2D eigenvalue weighted by Gasteiger charge is 2.17. The number of methoxy groups -OCH3 is 1. The molecule has 0 unspecified atom stereocenters. The number of nitrogen functional groups attached to an aromatic ring is 1. The van der Waals surface area contributed by atoms with Crippen molar-refractivity contribution in [3.63, 3.8) is 0 Å². The van der Waals surface area contributed by atoms with Crippen molar-refractivity contribution in [1.29, 1.82) is 0 Å². The van der Waals surface area contributed by atoms with Gasteiger partial charge < -0.3 is 15.0 Å². The molecular formula is C11H11BrN2O2. The van der Waals surface area contributed by atoms with Crippen LogP contribution >= 0.6 is 15.9 Å². The van der Waals surface area contributed by atoms with Gasteiger partial charge in [0.05, 0.1) is 23.3 Å². The van der Waals surface area contributed by atoms with Gasteiger partial charge in [0.1, 0.15) is 5.75 Å². The summed E-state index contributed by atoms with van der Waals surface area (Å²) in [7, 11) is 1.62. The van der Waals surface area contributed by atoms with Crippen LogP contribution in [0.5, 0.6) is 5.75 Å². The van der Waals surface area contributed by atoms with Crippen molar-refractivity contribution >= 4 is 21.8 Å². The van der Waals surface area contributed by atoms with Crippen LogP contribution in [-0.2, 0) is 0 Å². The molecule has 0 saturated heterocycles. The molecule has 0 aliphatic rings. The number of hydrogen-bond acceptors (Lipinski definition) is 4. The SMILES string of the molecule is COc1c(Br)ccc(C)c1-c1cnoc1N. The Bertz CT molecular complexity index is 523. The van der Waals surface area contributed by atoms with E-state index in [1.165, 1.54) is 0 Å². The van der Waals surface area contributed by atoms with E-state index in [0.29, 0.717) is 5.88 Å². The van der Waals surface area contributed by atoms with Gasteiger partial charge in [0.15, 0.2) is 0 Å². The van der Waals surface area contributed by atoms with E-state index in [9.17, 15) is 0 Å². The first-order chi connectivity index (χ1) is 7.65. The van der Waals surface area contributed by atoms with E-state index < -0.39 is 0 Å². The molecule has 0 fully saturated rings. The molecule has 2 N–H and O–H groups in total. The van der Waals surface area contributed by atoms with Crippen molar-refractivity contribution < 1.29 is 9.26 Å². The fourth-order valence-electron chi connectivity index (χ4n) is 1.63. The number of anilines is 1. The van der Waals surface area contributed by atoms with Crippen LogP contribution in [0.25, 0.3) is 11.1 Å². The first kappa shape index (κ1) is 11.0. The molecule has 0 spiro atoms. The van der Waals surface area contributed by atoms with Gasteiger partial charge in [-0.05, 0) is 34.5 Å². The average molecular weight is 283 g/mol. The maximum Gasteiger partial charge on any atom is 0.230 e. The number of hydrogen-bond donors (Lipinski definition) is 1. The van der Waals surface area contributed by atoms with Crippen molar-refractivity contribution in [2.45, 2.75) is 6.92 Å². The summed E-state index contributed by atoms with van der Waals surface area (Å²) >= 11 is 3.43. The van der Waals surface area contributed by atoms with Crippen molar-refractivity contribution in [2.24, 2.45) is 0 Å². The summed E-state index contributed by atoms with van der Waals surface area (Å²) < 4.78 is 11.1. The number of halogens is 1. The third kappa shape index (κ3) is 1.67. The Morgan fingerprint density at radius 3 is 2.75 bits per heavy atom. The second kappa shape index (κ2) is 4.17. The Kier molecular flexibility index (Phi) is 2.87. The van der Waals surface area contributed by atoms with Crippen molar-refractivity contribution in [3.05, 3.63) is 28.4 Å². The molecule has 1 heterocycles.